The topological polar surface area (TPSA) is 95.7 Å². The maximum absolute atomic E-state index is 11.9. The Morgan fingerprint density at radius 1 is 1.19 bits per heavy atom. The van der Waals surface area contributed by atoms with Crippen LogP contribution in [-0.2, 0) is 19.1 Å². The number of ether oxygens (including phenoxy) is 2. The molecule has 1 rings (SSSR count). The molecule has 2 atom stereocenters. The van der Waals surface area contributed by atoms with Gasteiger partial charge in [0, 0.05) is 10.5 Å². The lowest BCUT2D eigenvalue weighted by Gasteiger charge is -2.19. The molecule has 0 amide bonds. The molecule has 0 aromatic heterocycles. The van der Waals surface area contributed by atoms with Gasteiger partial charge in [-0.05, 0) is 0 Å². The van der Waals surface area contributed by atoms with E-state index in [1.54, 1.807) is 18.2 Å². The monoisotopic (exact) mass is 293 g/mol. The number of nitro groups is 1. The van der Waals surface area contributed by atoms with E-state index in [1.807, 2.05) is 0 Å². The van der Waals surface area contributed by atoms with Gasteiger partial charge in [0.1, 0.15) is 0 Å². The molecule has 0 aliphatic heterocycles. The molecule has 0 fully saturated rings. The summed E-state index contributed by atoms with van der Waals surface area (Å²) in [6.07, 6.45) is 0. The number of esters is 2. The van der Waals surface area contributed by atoms with Crippen molar-refractivity contribution in [2.45, 2.75) is 6.04 Å². The summed E-state index contributed by atoms with van der Waals surface area (Å²) in [6.45, 7) is 3.44. The van der Waals surface area contributed by atoms with Gasteiger partial charge < -0.3 is 9.47 Å². The van der Waals surface area contributed by atoms with Crippen LogP contribution in [0.3, 0.4) is 0 Å². The zero-order valence-electron chi connectivity index (χ0n) is 11.6. The third kappa shape index (κ3) is 3.65. The normalized spacial score (nSPS) is 12.9. The zero-order chi connectivity index (χ0) is 16.0. The SMILES string of the molecule is C=C(C(=O)OC)C(C(=O)OC)C(c1ccccc1)[N+](=O)[O-]. The number of carbonyl (C=O) groups is 2. The van der Waals surface area contributed by atoms with E-state index in [0.29, 0.717) is 0 Å². The van der Waals surface area contributed by atoms with E-state index in [4.69, 9.17) is 0 Å². The average Bonchev–Trinajstić information content (AvgIpc) is 2.50. The van der Waals surface area contributed by atoms with E-state index in [9.17, 15) is 19.7 Å². The van der Waals surface area contributed by atoms with Crippen molar-refractivity contribution in [3.8, 4) is 0 Å². The van der Waals surface area contributed by atoms with Crippen LogP contribution in [0.15, 0.2) is 42.5 Å². The summed E-state index contributed by atoms with van der Waals surface area (Å²) < 4.78 is 9.05. The summed E-state index contributed by atoms with van der Waals surface area (Å²) in [5.74, 6) is -3.27. The van der Waals surface area contributed by atoms with Crippen LogP contribution in [0.2, 0.25) is 0 Å². The molecule has 0 saturated carbocycles. The molecule has 0 bridgehead atoms. The molecule has 1 aromatic carbocycles. The minimum absolute atomic E-state index is 0.267. The number of rotatable bonds is 6. The highest BCUT2D eigenvalue weighted by Crippen LogP contribution is 2.31. The second kappa shape index (κ2) is 7.18. The number of hydrogen-bond acceptors (Lipinski definition) is 6. The highest BCUT2D eigenvalue weighted by Gasteiger charge is 2.43. The van der Waals surface area contributed by atoms with Crippen LogP contribution in [0, 0.1) is 16.0 Å². The van der Waals surface area contributed by atoms with E-state index in [2.05, 4.69) is 16.1 Å². The lowest BCUT2D eigenvalue weighted by molar-refractivity contribution is -0.534. The Hall–Kier alpha value is -2.70. The molecule has 1 aromatic rings. The molecule has 0 aliphatic rings. The van der Waals surface area contributed by atoms with E-state index in [0.717, 1.165) is 14.2 Å². The number of benzene rings is 1. The molecule has 0 radical (unpaired) electrons. The molecule has 21 heavy (non-hydrogen) atoms. The summed E-state index contributed by atoms with van der Waals surface area (Å²) >= 11 is 0. The van der Waals surface area contributed by atoms with Crippen molar-refractivity contribution in [2.24, 2.45) is 5.92 Å². The first-order chi connectivity index (χ1) is 9.93. The van der Waals surface area contributed by atoms with E-state index < -0.39 is 28.8 Å². The molecule has 2 unspecified atom stereocenters. The fourth-order valence-electron chi connectivity index (χ4n) is 1.93. The number of nitrogens with zero attached hydrogens (tertiary/aromatic N) is 1. The van der Waals surface area contributed by atoms with Crippen LogP contribution in [0.1, 0.15) is 11.6 Å². The van der Waals surface area contributed by atoms with Gasteiger partial charge in [-0.3, -0.25) is 14.9 Å². The van der Waals surface area contributed by atoms with Crippen molar-refractivity contribution in [3.05, 3.63) is 58.2 Å². The molecule has 0 heterocycles. The largest absolute Gasteiger partial charge is 0.468 e. The second-order valence-electron chi connectivity index (χ2n) is 4.16. The smallest absolute Gasteiger partial charge is 0.334 e. The van der Waals surface area contributed by atoms with Gasteiger partial charge >= 0.3 is 11.9 Å². The minimum atomic E-state index is -1.48. The first kappa shape index (κ1) is 16.4. The lowest BCUT2D eigenvalue weighted by atomic mass is 9.87. The highest BCUT2D eigenvalue weighted by atomic mass is 16.6. The Morgan fingerprint density at radius 3 is 2.19 bits per heavy atom. The van der Waals surface area contributed by atoms with Crippen LogP contribution >= 0.6 is 0 Å². The predicted octanol–water partition coefficient (Wildman–Crippen LogP) is 1.52. The van der Waals surface area contributed by atoms with Crippen LogP contribution in [0.4, 0.5) is 0 Å². The molecule has 7 nitrogen and oxygen atoms in total. The third-order valence-electron chi connectivity index (χ3n) is 2.96. The first-order valence-corrected chi connectivity index (χ1v) is 5.97. The van der Waals surface area contributed by atoms with Gasteiger partial charge in [0.2, 0.25) is 0 Å². The fourth-order valence-corrected chi connectivity index (χ4v) is 1.93. The molecule has 0 saturated heterocycles. The summed E-state index contributed by atoms with van der Waals surface area (Å²) in [6, 6.07) is 6.39. The van der Waals surface area contributed by atoms with Crippen LogP contribution < -0.4 is 0 Å². The summed E-state index contributed by atoms with van der Waals surface area (Å²) in [7, 11) is 2.19. The molecular formula is C14H15NO6. The second-order valence-corrected chi connectivity index (χ2v) is 4.16. The maximum atomic E-state index is 11.9. The number of carbonyl (C=O) groups excluding carboxylic acids is 2. The fraction of sp³-hybridized carbons (Fsp3) is 0.286. The Balaban J connectivity index is 3.32. The third-order valence-corrected chi connectivity index (χ3v) is 2.96. The quantitative estimate of drug-likeness (QED) is 0.341. The van der Waals surface area contributed by atoms with Crippen molar-refractivity contribution < 1.29 is 24.0 Å². The Morgan fingerprint density at radius 2 is 1.76 bits per heavy atom. The lowest BCUT2D eigenvalue weighted by Crippen LogP contribution is -2.33. The Kier molecular flexibility index (Phi) is 5.59. The highest BCUT2D eigenvalue weighted by molar-refractivity contribution is 5.95. The van der Waals surface area contributed by atoms with E-state index in [-0.39, 0.29) is 11.1 Å². The van der Waals surface area contributed by atoms with Gasteiger partial charge in [-0.1, -0.05) is 36.9 Å². The van der Waals surface area contributed by atoms with Gasteiger partial charge in [0.05, 0.1) is 19.8 Å². The molecule has 0 spiro atoms. The predicted molar refractivity (Wildman–Crippen MR) is 72.8 cm³/mol. The van der Waals surface area contributed by atoms with Crippen LogP contribution in [0.25, 0.3) is 0 Å². The average molecular weight is 293 g/mol. The molecule has 112 valence electrons. The van der Waals surface area contributed by atoms with Gasteiger partial charge in [0.25, 0.3) is 6.04 Å². The summed E-state index contributed by atoms with van der Waals surface area (Å²) in [5, 5.41) is 11.4. The minimum Gasteiger partial charge on any atom is -0.468 e. The van der Waals surface area contributed by atoms with Crippen molar-refractivity contribution in [1.82, 2.24) is 0 Å². The first-order valence-electron chi connectivity index (χ1n) is 5.97. The van der Waals surface area contributed by atoms with Crippen molar-refractivity contribution in [3.63, 3.8) is 0 Å². The van der Waals surface area contributed by atoms with Crippen molar-refractivity contribution in [2.75, 3.05) is 14.2 Å². The van der Waals surface area contributed by atoms with Crippen LogP contribution in [-0.4, -0.2) is 31.1 Å². The molecule has 7 heteroatoms. The van der Waals surface area contributed by atoms with E-state index in [1.165, 1.54) is 12.1 Å². The van der Waals surface area contributed by atoms with Gasteiger partial charge in [-0.2, -0.15) is 0 Å². The molecular weight excluding hydrogens is 278 g/mol. The van der Waals surface area contributed by atoms with E-state index >= 15 is 0 Å². The standard InChI is InChI=1S/C14H15NO6/c1-9(13(16)20-2)11(14(17)21-3)12(15(18)19)10-7-5-4-6-8-10/h4-8,11-12H,1H2,2-3H3. The molecule has 0 N–H and O–H groups in total. The van der Waals surface area contributed by atoms with Gasteiger partial charge in [-0.15, -0.1) is 0 Å². The maximum Gasteiger partial charge on any atom is 0.334 e. The zero-order valence-corrected chi connectivity index (χ0v) is 11.6. The van der Waals surface area contributed by atoms with Gasteiger partial charge in [-0.25, -0.2) is 4.79 Å². The number of hydrogen-bond donors (Lipinski definition) is 0. The van der Waals surface area contributed by atoms with Crippen molar-refractivity contribution in [1.29, 1.82) is 0 Å². The number of methoxy groups -OCH3 is 2. The Labute approximate surface area is 121 Å². The Bertz CT molecular complexity index is 554. The summed E-state index contributed by atoms with van der Waals surface area (Å²) in [4.78, 5) is 34.2. The van der Waals surface area contributed by atoms with Gasteiger partial charge in [0.15, 0.2) is 5.92 Å². The van der Waals surface area contributed by atoms with Crippen LogP contribution in [0.5, 0.6) is 0 Å². The summed E-state index contributed by atoms with van der Waals surface area (Å²) in [5.41, 5.74) is -0.0575. The van der Waals surface area contributed by atoms with Crippen molar-refractivity contribution >= 4 is 11.9 Å². The molecule has 0 aliphatic carbocycles.